The van der Waals surface area contributed by atoms with Crippen LogP contribution in [0.2, 0.25) is 0 Å². The summed E-state index contributed by atoms with van der Waals surface area (Å²) in [6, 6.07) is 5.98. The highest BCUT2D eigenvalue weighted by Gasteiger charge is 2.27. The smallest absolute Gasteiger partial charge is 0.126 e. The molecule has 2 aliphatic rings. The lowest BCUT2D eigenvalue weighted by atomic mass is 9.98. The maximum atomic E-state index is 9.87. The van der Waals surface area contributed by atoms with Crippen LogP contribution in [0.5, 0.6) is 11.5 Å². The molecular formula is C14H19NO2. The zero-order valence-electron chi connectivity index (χ0n) is 10.1. The molecule has 0 radical (unpaired) electrons. The summed E-state index contributed by atoms with van der Waals surface area (Å²) >= 11 is 0. The van der Waals surface area contributed by atoms with Crippen LogP contribution in [0.1, 0.15) is 24.8 Å². The molecule has 1 atom stereocenters. The van der Waals surface area contributed by atoms with E-state index in [1.807, 2.05) is 12.1 Å². The Balaban J connectivity index is 1.77. The van der Waals surface area contributed by atoms with Gasteiger partial charge in [0.2, 0.25) is 0 Å². The van der Waals surface area contributed by atoms with E-state index in [-0.39, 0.29) is 0 Å². The first-order valence-electron chi connectivity index (χ1n) is 6.52. The summed E-state index contributed by atoms with van der Waals surface area (Å²) in [5, 5.41) is 9.87. The Morgan fingerprint density at radius 3 is 2.82 bits per heavy atom. The third kappa shape index (κ3) is 2.12. The minimum absolute atomic E-state index is 0.379. The van der Waals surface area contributed by atoms with Gasteiger partial charge in [0.15, 0.2) is 0 Å². The Morgan fingerprint density at radius 2 is 2.00 bits per heavy atom. The standard InChI is InChI=1S/C14H19NO2/c16-13-5-4-6-14-12(13)9-11(10-17-14)15-7-2-1-3-8-15/h4-6,11,16H,1-3,7-10H2. The molecule has 0 aliphatic carbocycles. The lowest BCUT2D eigenvalue weighted by Crippen LogP contribution is -2.45. The summed E-state index contributed by atoms with van der Waals surface area (Å²) in [6.45, 7) is 3.12. The monoisotopic (exact) mass is 233 g/mol. The van der Waals surface area contributed by atoms with Crippen LogP contribution >= 0.6 is 0 Å². The lowest BCUT2D eigenvalue weighted by Gasteiger charge is -2.37. The van der Waals surface area contributed by atoms with Crippen molar-refractivity contribution in [3.63, 3.8) is 0 Å². The van der Waals surface area contributed by atoms with Crippen LogP contribution in [0.25, 0.3) is 0 Å². The Hall–Kier alpha value is -1.22. The quantitative estimate of drug-likeness (QED) is 0.807. The molecule has 92 valence electrons. The summed E-state index contributed by atoms with van der Waals surface area (Å²) in [5.41, 5.74) is 0.981. The third-order valence-corrected chi connectivity index (χ3v) is 3.89. The first-order valence-corrected chi connectivity index (χ1v) is 6.52. The molecule has 1 fully saturated rings. The normalized spacial score (nSPS) is 25.1. The van der Waals surface area contributed by atoms with Gasteiger partial charge in [-0.15, -0.1) is 0 Å². The maximum absolute atomic E-state index is 9.87. The number of phenolic OH excluding ortho intramolecular Hbond substituents is 1. The van der Waals surface area contributed by atoms with Gasteiger partial charge in [0.05, 0.1) is 0 Å². The number of hydrogen-bond acceptors (Lipinski definition) is 3. The summed E-state index contributed by atoms with van der Waals surface area (Å²) in [7, 11) is 0. The Kier molecular flexibility index (Phi) is 2.93. The molecule has 0 spiro atoms. The molecular weight excluding hydrogens is 214 g/mol. The van der Waals surface area contributed by atoms with E-state index >= 15 is 0 Å². The predicted molar refractivity (Wildman–Crippen MR) is 66.5 cm³/mol. The highest BCUT2D eigenvalue weighted by atomic mass is 16.5. The highest BCUT2D eigenvalue weighted by Crippen LogP contribution is 2.33. The number of ether oxygens (including phenoxy) is 1. The van der Waals surface area contributed by atoms with Gasteiger partial charge in [-0.3, -0.25) is 4.90 Å². The largest absolute Gasteiger partial charge is 0.508 e. The van der Waals surface area contributed by atoms with E-state index in [0.717, 1.165) is 24.3 Å². The van der Waals surface area contributed by atoms with Gasteiger partial charge < -0.3 is 9.84 Å². The first kappa shape index (κ1) is 10.9. The molecule has 0 aromatic heterocycles. The molecule has 1 saturated heterocycles. The fourth-order valence-corrected chi connectivity index (χ4v) is 2.89. The van der Waals surface area contributed by atoms with Crippen LogP contribution in [0.3, 0.4) is 0 Å². The van der Waals surface area contributed by atoms with Crippen molar-refractivity contribution in [1.29, 1.82) is 0 Å². The molecule has 3 nitrogen and oxygen atoms in total. The second-order valence-corrected chi connectivity index (χ2v) is 5.02. The average molecular weight is 233 g/mol. The van der Waals surface area contributed by atoms with Gasteiger partial charge in [-0.1, -0.05) is 12.5 Å². The number of rotatable bonds is 1. The second-order valence-electron chi connectivity index (χ2n) is 5.02. The van der Waals surface area contributed by atoms with Crippen molar-refractivity contribution >= 4 is 0 Å². The molecule has 2 aliphatic heterocycles. The van der Waals surface area contributed by atoms with Crippen molar-refractivity contribution in [3.8, 4) is 11.5 Å². The first-order chi connectivity index (χ1) is 8.34. The van der Waals surface area contributed by atoms with E-state index in [0.29, 0.717) is 11.8 Å². The van der Waals surface area contributed by atoms with E-state index in [2.05, 4.69) is 4.90 Å². The maximum Gasteiger partial charge on any atom is 0.126 e. The fourth-order valence-electron chi connectivity index (χ4n) is 2.89. The van der Waals surface area contributed by atoms with Gasteiger partial charge in [-0.2, -0.15) is 0 Å². The number of hydrogen-bond donors (Lipinski definition) is 1. The molecule has 0 saturated carbocycles. The van der Waals surface area contributed by atoms with Crippen molar-refractivity contribution < 1.29 is 9.84 Å². The molecule has 17 heavy (non-hydrogen) atoms. The zero-order valence-corrected chi connectivity index (χ0v) is 10.1. The molecule has 3 heteroatoms. The topological polar surface area (TPSA) is 32.7 Å². The number of aromatic hydroxyl groups is 1. The number of likely N-dealkylation sites (tertiary alicyclic amines) is 1. The van der Waals surface area contributed by atoms with Gasteiger partial charge >= 0.3 is 0 Å². The van der Waals surface area contributed by atoms with Gasteiger partial charge in [0.1, 0.15) is 18.1 Å². The zero-order chi connectivity index (χ0) is 11.7. The predicted octanol–water partition coefficient (Wildman–Crippen LogP) is 2.18. The summed E-state index contributed by atoms with van der Waals surface area (Å²) in [4.78, 5) is 2.51. The SMILES string of the molecule is Oc1cccc2c1CC(N1CCCCC1)CO2. The Bertz CT molecular complexity index is 399. The van der Waals surface area contributed by atoms with E-state index in [9.17, 15) is 5.11 Å². The van der Waals surface area contributed by atoms with Crippen molar-refractivity contribution in [2.45, 2.75) is 31.7 Å². The van der Waals surface area contributed by atoms with Crippen molar-refractivity contribution in [3.05, 3.63) is 23.8 Å². The van der Waals surface area contributed by atoms with E-state index in [1.54, 1.807) is 6.07 Å². The van der Waals surface area contributed by atoms with Gasteiger partial charge in [0.25, 0.3) is 0 Å². The lowest BCUT2D eigenvalue weighted by molar-refractivity contribution is 0.100. The molecule has 1 unspecified atom stereocenters. The number of nitrogens with zero attached hydrogens (tertiary/aromatic N) is 1. The van der Waals surface area contributed by atoms with Crippen molar-refractivity contribution in [1.82, 2.24) is 4.90 Å². The molecule has 0 amide bonds. The van der Waals surface area contributed by atoms with Crippen molar-refractivity contribution in [2.75, 3.05) is 19.7 Å². The van der Waals surface area contributed by atoms with Crippen LogP contribution < -0.4 is 4.74 Å². The van der Waals surface area contributed by atoms with Gasteiger partial charge in [0, 0.05) is 11.6 Å². The molecule has 2 heterocycles. The third-order valence-electron chi connectivity index (χ3n) is 3.89. The molecule has 1 aromatic carbocycles. The van der Waals surface area contributed by atoms with Crippen LogP contribution in [0.15, 0.2) is 18.2 Å². The van der Waals surface area contributed by atoms with Crippen LogP contribution in [-0.2, 0) is 6.42 Å². The molecule has 0 bridgehead atoms. The molecule has 3 rings (SSSR count). The van der Waals surface area contributed by atoms with E-state index in [4.69, 9.17) is 4.74 Å². The highest BCUT2D eigenvalue weighted by molar-refractivity contribution is 5.45. The number of benzene rings is 1. The summed E-state index contributed by atoms with van der Waals surface area (Å²) in [5.74, 6) is 1.24. The number of fused-ring (bicyclic) bond motifs is 1. The fraction of sp³-hybridized carbons (Fsp3) is 0.571. The average Bonchev–Trinajstić information content (AvgIpc) is 2.40. The minimum Gasteiger partial charge on any atom is -0.508 e. The molecule has 1 N–H and O–H groups in total. The van der Waals surface area contributed by atoms with Gasteiger partial charge in [-0.25, -0.2) is 0 Å². The minimum atomic E-state index is 0.379. The summed E-state index contributed by atoms with van der Waals surface area (Å²) in [6.07, 6.45) is 4.86. The van der Waals surface area contributed by atoms with Crippen molar-refractivity contribution in [2.24, 2.45) is 0 Å². The van der Waals surface area contributed by atoms with E-state index < -0.39 is 0 Å². The van der Waals surface area contributed by atoms with E-state index in [1.165, 1.54) is 32.4 Å². The number of phenols is 1. The van der Waals surface area contributed by atoms with Crippen LogP contribution in [-0.4, -0.2) is 35.7 Å². The second kappa shape index (κ2) is 4.57. The van der Waals surface area contributed by atoms with Gasteiger partial charge in [-0.05, 0) is 44.5 Å². The number of piperidine rings is 1. The Labute approximate surface area is 102 Å². The molecule has 1 aromatic rings. The van der Waals surface area contributed by atoms with Crippen LogP contribution in [0, 0.1) is 0 Å². The Morgan fingerprint density at radius 1 is 1.18 bits per heavy atom. The van der Waals surface area contributed by atoms with Crippen LogP contribution in [0.4, 0.5) is 0 Å². The summed E-state index contributed by atoms with van der Waals surface area (Å²) < 4.78 is 5.77.